The quantitative estimate of drug-likeness (QED) is 0.798. The van der Waals surface area contributed by atoms with Gasteiger partial charge >= 0.3 is 0 Å². The predicted molar refractivity (Wildman–Crippen MR) is 60.6 cm³/mol. The van der Waals surface area contributed by atoms with Crippen LogP contribution in [-0.4, -0.2) is 22.9 Å². The van der Waals surface area contributed by atoms with Crippen molar-refractivity contribution in [2.24, 2.45) is 11.3 Å². The molecule has 0 saturated carbocycles. The van der Waals surface area contributed by atoms with Gasteiger partial charge in [-0.2, -0.15) is 5.26 Å². The van der Waals surface area contributed by atoms with Crippen LogP contribution in [0.25, 0.3) is 0 Å². The zero-order chi connectivity index (χ0) is 12.0. The largest absolute Gasteiger partial charge is 0.388 e. The van der Waals surface area contributed by atoms with Crippen molar-refractivity contribution in [1.29, 1.82) is 5.26 Å². The lowest BCUT2D eigenvalue weighted by atomic mass is 9.62. The fourth-order valence-corrected chi connectivity index (χ4v) is 3.49. The van der Waals surface area contributed by atoms with Crippen LogP contribution in [0.1, 0.15) is 46.5 Å². The molecule has 0 amide bonds. The van der Waals surface area contributed by atoms with E-state index in [-0.39, 0.29) is 12.2 Å². The lowest BCUT2D eigenvalue weighted by Gasteiger charge is -2.42. The topological polar surface area (TPSA) is 53.2 Å². The summed E-state index contributed by atoms with van der Waals surface area (Å²) in [4.78, 5) is 0. The maximum absolute atomic E-state index is 10.7. The minimum atomic E-state index is -0.935. The standard InChI is InChI=1S/C13H21NO2/c1-9(2)6-12(3,15)13(8-14)7-10-4-5-11(13)16-10/h9-11,15H,4-7H2,1-3H3. The number of hydrogen-bond donors (Lipinski definition) is 1. The molecule has 2 saturated heterocycles. The highest BCUT2D eigenvalue weighted by molar-refractivity contribution is 5.19. The third-order valence-electron chi connectivity index (χ3n) is 4.17. The molecule has 0 aromatic rings. The molecule has 0 radical (unpaired) electrons. The summed E-state index contributed by atoms with van der Waals surface area (Å²) in [6.07, 6.45) is 3.47. The van der Waals surface area contributed by atoms with Gasteiger partial charge in [0.1, 0.15) is 5.41 Å². The van der Waals surface area contributed by atoms with Crippen molar-refractivity contribution in [3.63, 3.8) is 0 Å². The van der Waals surface area contributed by atoms with Crippen LogP contribution in [0, 0.1) is 22.7 Å². The summed E-state index contributed by atoms with van der Waals surface area (Å²) >= 11 is 0. The van der Waals surface area contributed by atoms with E-state index in [9.17, 15) is 10.4 Å². The molecule has 0 aromatic carbocycles. The van der Waals surface area contributed by atoms with Crippen molar-refractivity contribution >= 4 is 0 Å². The molecule has 4 atom stereocenters. The molecule has 2 aliphatic heterocycles. The van der Waals surface area contributed by atoms with Crippen LogP contribution in [0.3, 0.4) is 0 Å². The van der Waals surface area contributed by atoms with Gasteiger partial charge in [0, 0.05) is 0 Å². The normalized spacial score (nSPS) is 41.0. The second-order valence-corrected chi connectivity index (χ2v) is 5.98. The number of rotatable bonds is 3. The van der Waals surface area contributed by atoms with Crippen molar-refractivity contribution in [3.8, 4) is 6.07 Å². The van der Waals surface area contributed by atoms with Crippen LogP contribution < -0.4 is 0 Å². The van der Waals surface area contributed by atoms with E-state index >= 15 is 0 Å². The van der Waals surface area contributed by atoms with Crippen LogP contribution in [-0.2, 0) is 4.74 Å². The summed E-state index contributed by atoms with van der Waals surface area (Å²) in [5, 5.41) is 20.2. The number of nitrogens with zero attached hydrogens (tertiary/aromatic N) is 1. The highest BCUT2D eigenvalue weighted by Gasteiger charge is 2.61. The Labute approximate surface area is 97.4 Å². The number of ether oxygens (including phenoxy) is 1. The molecule has 4 unspecified atom stereocenters. The average Bonchev–Trinajstić information content (AvgIpc) is 2.74. The summed E-state index contributed by atoms with van der Waals surface area (Å²) in [5.41, 5.74) is -1.62. The van der Waals surface area contributed by atoms with Crippen LogP contribution in [0.4, 0.5) is 0 Å². The van der Waals surface area contributed by atoms with Gasteiger partial charge < -0.3 is 9.84 Å². The van der Waals surface area contributed by atoms with Crippen molar-refractivity contribution in [2.75, 3.05) is 0 Å². The Morgan fingerprint density at radius 2 is 2.25 bits per heavy atom. The molecule has 1 N–H and O–H groups in total. The monoisotopic (exact) mass is 223 g/mol. The third-order valence-corrected chi connectivity index (χ3v) is 4.17. The van der Waals surface area contributed by atoms with Gasteiger partial charge in [-0.15, -0.1) is 0 Å². The molecule has 90 valence electrons. The van der Waals surface area contributed by atoms with E-state index in [1.54, 1.807) is 6.92 Å². The second kappa shape index (κ2) is 3.72. The molecule has 16 heavy (non-hydrogen) atoms. The first kappa shape index (κ1) is 11.9. The van der Waals surface area contributed by atoms with Gasteiger partial charge in [0.05, 0.1) is 23.9 Å². The van der Waals surface area contributed by atoms with E-state index in [4.69, 9.17) is 4.74 Å². The van der Waals surface area contributed by atoms with Gasteiger partial charge in [-0.3, -0.25) is 0 Å². The van der Waals surface area contributed by atoms with Gasteiger partial charge in [-0.1, -0.05) is 13.8 Å². The Kier molecular flexibility index (Phi) is 2.76. The predicted octanol–water partition coefficient (Wildman–Crippen LogP) is 2.24. The van der Waals surface area contributed by atoms with Gasteiger partial charge in [-0.05, 0) is 38.5 Å². The Morgan fingerprint density at radius 3 is 2.62 bits per heavy atom. The van der Waals surface area contributed by atoms with Crippen LogP contribution >= 0.6 is 0 Å². The number of hydrogen-bond acceptors (Lipinski definition) is 3. The molecule has 2 rings (SSSR count). The van der Waals surface area contributed by atoms with Gasteiger partial charge in [0.15, 0.2) is 0 Å². The summed E-state index contributed by atoms with van der Waals surface area (Å²) in [6, 6.07) is 2.38. The highest BCUT2D eigenvalue weighted by atomic mass is 16.5. The third kappa shape index (κ3) is 1.56. The second-order valence-electron chi connectivity index (χ2n) is 5.98. The molecular weight excluding hydrogens is 202 g/mol. The lowest BCUT2D eigenvalue weighted by molar-refractivity contribution is -0.0837. The van der Waals surface area contributed by atoms with Gasteiger partial charge in [-0.25, -0.2) is 0 Å². The SMILES string of the molecule is CC(C)CC(C)(O)C1(C#N)CC2CCC1O2. The van der Waals surface area contributed by atoms with Gasteiger partial charge in [0.2, 0.25) is 0 Å². The molecule has 3 heteroatoms. The Bertz CT molecular complexity index is 318. The number of nitriles is 1. The van der Waals surface area contributed by atoms with E-state index in [0.29, 0.717) is 18.8 Å². The van der Waals surface area contributed by atoms with E-state index < -0.39 is 11.0 Å². The number of aliphatic hydroxyl groups is 1. The first-order valence-corrected chi connectivity index (χ1v) is 6.20. The molecule has 2 bridgehead atoms. The van der Waals surface area contributed by atoms with Crippen LogP contribution in [0.15, 0.2) is 0 Å². The molecule has 2 fully saturated rings. The van der Waals surface area contributed by atoms with Crippen LogP contribution in [0.5, 0.6) is 0 Å². The van der Waals surface area contributed by atoms with Crippen LogP contribution in [0.2, 0.25) is 0 Å². The van der Waals surface area contributed by atoms with Gasteiger partial charge in [0.25, 0.3) is 0 Å². The molecule has 2 heterocycles. The first-order valence-electron chi connectivity index (χ1n) is 6.20. The minimum absolute atomic E-state index is 0.0590. The highest BCUT2D eigenvalue weighted by Crippen LogP contribution is 2.54. The fourth-order valence-electron chi connectivity index (χ4n) is 3.49. The van der Waals surface area contributed by atoms with E-state index in [1.807, 2.05) is 0 Å². The summed E-state index contributed by atoms with van der Waals surface area (Å²) in [7, 11) is 0. The van der Waals surface area contributed by atoms with Crippen molar-refractivity contribution in [2.45, 2.75) is 64.3 Å². The van der Waals surface area contributed by atoms with Crippen molar-refractivity contribution in [3.05, 3.63) is 0 Å². The lowest BCUT2D eigenvalue weighted by Crippen LogP contribution is -2.51. The Morgan fingerprint density at radius 1 is 1.56 bits per heavy atom. The van der Waals surface area contributed by atoms with E-state index in [1.165, 1.54) is 0 Å². The van der Waals surface area contributed by atoms with Crippen molar-refractivity contribution < 1.29 is 9.84 Å². The van der Waals surface area contributed by atoms with E-state index in [0.717, 1.165) is 12.8 Å². The molecule has 2 aliphatic rings. The molecule has 0 aromatic heterocycles. The maximum atomic E-state index is 10.7. The minimum Gasteiger partial charge on any atom is -0.388 e. The maximum Gasteiger partial charge on any atom is 0.114 e. The molecule has 0 spiro atoms. The smallest absolute Gasteiger partial charge is 0.114 e. The Balaban J connectivity index is 2.26. The summed E-state index contributed by atoms with van der Waals surface area (Å²) in [5.74, 6) is 0.388. The molecule has 3 nitrogen and oxygen atoms in total. The Hall–Kier alpha value is -0.590. The average molecular weight is 223 g/mol. The molecular formula is C13H21NO2. The first-order chi connectivity index (χ1) is 7.41. The fraction of sp³-hybridized carbons (Fsp3) is 0.923. The summed E-state index contributed by atoms with van der Waals surface area (Å²) < 4.78 is 5.76. The molecule has 0 aliphatic carbocycles. The van der Waals surface area contributed by atoms with E-state index in [2.05, 4.69) is 19.9 Å². The number of fused-ring (bicyclic) bond motifs is 2. The van der Waals surface area contributed by atoms with Crippen molar-refractivity contribution in [1.82, 2.24) is 0 Å². The zero-order valence-electron chi connectivity index (χ0n) is 10.4. The zero-order valence-corrected chi connectivity index (χ0v) is 10.4. The summed E-state index contributed by atoms with van der Waals surface area (Å²) in [6.45, 7) is 5.96.